The third-order valence-corrected chi connectivity index (χ3v) is 7.91. The van der Waals surface area contributed by atoms with Crippen LogP contribution in [0.2, 0.25) is 5.28 Å². The Labute approximate surface area is 186 Å². The molecule has 7 rings (SSSR count). The van der Waals surface area contributed by atoms with Gasteiger partial charge in [0.25, 0.3) is 5.89 Å². The average Bonchev–Trinajstić information content (AvgIpc) is 3.56. The SMILES string of the molecule is Clc1nccc(C23CCC(CNc4cccc(-c5nc(C6CC6)no5)c4)(CC2)CC3)n1. The number of halogens is 1. The van der Waals surface area contributed by atoms with Gasteiger partial charge in [0.2, 0.25) is 5.28 Å². The fraction of sp³-hybridized carbons (Fsp3) is 0.500. The minimum atomic E-state index is 0.186. The standard InChI is InChI=1S/C24H26ClN5O/c25-22-26-13-6-19(28-22)24-10-7-23(8-11-24,9-12-24)15-27-18-3-1-2-17(14-18)21-29-20(30-31-21)16-4-5-16/h1-3,6,13-14,16,27H,4-5,7-12,15H2. The highest BCUT2D eigenvalue weighted by atomic mass is 35.5. The van der Waals surface area contributed by atoms with Crippen molar-refractivity contribution in [2.45, 2.75) is 62.7 Å². The molecule has 1 aromatic carbocycles. The van der Waals surface area contributed by atoms with Crippen LogP contribution in [-0.4, -0.2) is 26.7 Å². The molecule has 160 valence electrons. The van der Waals surface area contributed by atoms with Crippen LogP contribution >= 0.6 is 11.6 Å². The quantitative estimate of drug-likeness (QED) is 0.496. The lowest BCUT2D eigenvalue weighted by molar-refractivity contribution is 0.0482. The molecular weight excluding hydrogens is 410 g/mol. The summed E-state index contributed by atoms with van der Waals surface area (Å²) in [5.41, 5.74) is 3.77. The van der Waals surface area contributed by atoms with Gasteiger partial charge in [-0.1, -0.05) is 11.2 Å². The smallest absolute Gasteiger partial charge is 0.258 e. The first-order valence-corrected chi connectivity index (χ1v) is 11.7. The second kappa shape index (κ2) is 7.30. The minimum Gasteiger partial charge on any atom is -0.384 e. The highest BCUT2D eigenvalue weighted by Gasteiger charge is 2.49. The molecule has 0 saturated heterocycles. The first kappa shape index (κ1) is 19.2. The van der Waals surface area contributed by atoms with Gasteiger partial charge in [-0.15, -0.1) is 0 Å². The van der Waals surface area contributed by atoms with Gasteiger partial charge in [0.15, 0.2) is 5.82 Å². The molecule has 0 aliphatic heterocycles. The maximum atomic E-state index is 6.07. The molecule has 0 spiro atoms. The predicted octanol–water partition coefficient (Wildman–Crippen LogP) is 5.76. The number of rotatable bonds is 6. The Kier molecular flexibility index (Phi) is 4.53. The van der Waals surface area contributed by atoms with E-state index < -0.39 is 0 Å². The second-order valence-electron chi connectivity index (χ2n) is 9.66. The maximum Gasteiger partial charge on any atom is 0.258 e. The Morgan fingerprint density at radius 2 is 1.84 bits per heavy atom. The van der Waals surface area contributed by atoms with Crippen LogP contribution in [0.1, 0.15) is 68.8 Å². The summed E-state index contributed by atoms with van der Waals surface area (Å²) in [6.45, 7) is 0.994. The molecule has 2 aromatic heterocycles. The number of benzene rings is 1. The molecule has 7 heteroatoms. The van der Waals surface area contributed by atoms with Gasteiger partial charge in [0, 0.05) is 35.3 Å². The van der Waals surface area contributed by atoms with Crippen LogP contribution < -0.4 is 5.32 Å². The molecular formula is C24H26ClN5O. The van der Waals surface area contributed by atoms with E-state index in [1.54, 1.807) is 6.20 Å². The zero-order chi connectivity index (χ0) is 20.9. The molecule has 1 N–H and O–H groups in total. The summed E-state index contributed by atoms with van der Waals surface area (Å²) in [6, 6.07) is 10.4. The fourth-order valence-electron chi connectivity index (χ4n) is 5.45. The molecule has 4 saturated carbocycles. The van der Waals surface area contributed by atoms with E-state index in [0.29, 0.717) is 22.5 Å². The van der Waals surface area contributed by atoms with E-state index in [4.69, 9.17) is 16.1 Å². The first-order chi connectivity index (χ1) is 15.1. The second-order valence-corrected chi connectivity index (χ2v) is 10.00. The van der Waals surface area contributed by atoms with Crippen LogP contribution in [0.4, 0.5) is 5.69 Å². The number of nitrogens with one attached hydrogen (secondary N) is 1. The Morgan fingerprint density at radius 3 is 2.58 bits per heavy atom. The van der Waals surface area contributed by atoms with E-state index in [0.717, 1.165) is 29.3 Å². The largest absolute Gasteiger partial charge is 0.384 e. The molecule has 0 amide bonds. The third-order valence-electron chi connectivity index (χ3n) is 7.73. The van der Waals surface area contributed by atoms with E-state index in [1.165, 1.54) is 51.4 Å². The molecule has 0 unspecified atom stereocenters. The Hall–Kier alpha value is -2.47. The van der Waals surface area contributed by atoms with Gasteiger partial charge in [-0.3, -0.25) is 0 Å². The van der Waals surface area contributed by atoms with Crippen molar-refractivity contribution >= 4 is 17.3 Å². The van der Waals surface area contributed by atoms with Crippen molar-refractivity contribution < 1.29 is 4.52 Å². The van der Waals surface area contributed by atoms with Crippen molar-refractivity contribution in [1.82, 2.24) is 20.1 Å². The van der Waals surface area contributed by atoms with Crippen LogP contribution in [0, 0.1) is 5.41 Å². The molecule has 0 atom stereocenters. The normalized spacial score (nSPS) is 27.4. The molecule has 3 aromatic rings. The molecule has 4 aliphatic rings. The lowest BCUT2D eigenvalue weighted by Crippen LogP contribution is -2.47. The molecule has 6 nitrogen and oxygen atoms in total. The molecule has 31 heavy (non-hydrogen) atoms. The van der Waals surface area contributed by atoms with Crippen molar-refractivity contribution in [3.63, 3.8) is 0 Å². The molecule has 4 aliphatic carbocycles. The summed E-state index contributed by atoms with van der Waals surface area (Å²) in [6.07, 6.45) is 11.3. The van der Waals surface area contributed by atoms with E-state index in [1.807, 2.05) is 6.07 Å². The number of hydrogen-bond acceptors (Lipinski definition) is 6. The summed E-state index contributed by atoms with van der Waals surface area (Å²) in [5, 5.41) is 8.22. The molecule has 2 heterocycles. The number of nitrogens with zero attached hydrogens (tertiary/aromatic N) is 4. The fourth-order valence-corrected chi connectivity index (χ4v) is 5.60. The zero-order valence-corrected chi connectivity index (χ0v) is 18.2. The molecule has 2 bridgehead atoms. The zero-order valence-electron chi connectivity index (χ0n) is 17.5. The first-order valence-electron chi connectivity index (χ1n) is 11.3. The maximum absolute atomic E-state index is 6.07. The Bertz CT molecular complexity index is 1080. The number of aromatic nitrogens is 4. The summed E-state index contributed by atoms with van der Waals surface area (Å²) in [5.74, 6) is 1.97. The van der Waals surface area contributed by atoms with Crippen LogP contribution in [0.25, 0.3) is 11.5 Å². The lowest BCUT2D eigenvalue weighted by Gasteiger charge is -2.53. The Morgan fingerprint density at radius 1 is 1.03 bits per heavy atom. The van der Waals surface area contributed by atoms with Crippen molar-refractivity contribution in [2.24, 2.45) is 5.41 Å². The predicted molar refractivity (Wildman–Crippen MR) is 119 cm³/mol. The monoisotopic (exact) mass is 435 g/mol. The number of hydrogen-bond donors (Lipinski definition) is 1. The highest BCUT2D eigenvalue weighted by Crippen LogP contribution is 2.57. The van der Waals surface area contributed by atoms with Gasteiger partial charge in [0.1, 0.15) is 0 Å². The average molecular weight is 436 g/mol. The van der Waals surface area contributed by atoms with Crippen molar-refractivity contribution in [3.8, 4) is 11.5 Å². The minimum absolute atomic E-state index is 0.186. The highest BCUT2D eigenvalue weighted by molar-refractivity contribution is 6.28. The van der Waals surface area contributed by atoms with Gasteiger partial charge >= 0.3 is 0 Å². The Balaban J connectivity index is 1.13. The van der Waals surface area contributed by atoms with E-state index in [2.05, 4.69) is 49.7 Å². The van der Waals surface area contributed by atoms with Crippen molar-refractivity contribution in [1.29, 1.82) is 0 Å². The summed E-state index contributed by atoms with van der Waals surface area (Å²) < 4.78 is 5.50. The summed E-state index contributed by atoms with van der Waals surface area (Å²) in [7, 11) is 0. The third kappa shape index (κ3) is 3.61. The van der Waals surface area contributed by atoms with Gasteiger partial charge in [-0.25, -0.2) is 9.97 Å². The van der Waals surface area contributed by atoms with Crippen LogP contribution in [0.15, 0.2) is 41.1 Å². The summed E-state index contributed by atoms with van der Waals surface area (Å²) in [4.78, 5) is 13.2. The van der Waals surface area contributed by atoms with Crippen LogP contribution in [0.5, 0.6) is 0 Å². The van der Waals surface area contributed by atoms with E-state index in [-0.39, 0.29) is 5.41 Å². The van der Waals surface area contributed by atoms with Crippen molar-refractivity contribution in [2.75, 3.05) is 11.9 Å². The topological polar surface area (TPSA) is 76.7 Å². The van der Waals surface area contributed by atoms with Crippen LogP contribution in [0.3, 0.4) is 0 Å². The number of fused-ring (bicyclic) bond motifs is 3. The molecule has 0 radical (unpaired) electrons. The summed E-state index contributed by atoms with van der Waals surface area (Å²) >= 11 is 6.07. The van der Waals surface area contributed by atoms with Gasteiger partial charge in [-0.2, -0.15) is 4.98 Å². The van der Waals surface area contributed by atoms with E-state index >= 15 is 0 Å². The molecule has 4 fully saturated rings. The van der Waals surface area contributed by atoms with Gasteiger partial charge in [-0.05, 0) is 92.6 Å². The van der Waals surface area contributed by atoms with Crippen molar-refractivity contribution in [3.05, 3.63) is 53.3 Å². The lowest BCUT2D eigenvalue weighted by atomic mass is 9.52. The number of anilines is 1. The van der Waals surface area contributed by atoms with E-state index in [9.17, 15) is 0 Å². The van der Waals surface area contributed by atoms with Gasteiger partial charge < -0.3 is 9.84 Å². The van der Waals surface area contributed by atoms with Gasteiger partial charge in [0.05, 0.1) is 5.69 Å². The van der Waals surface area contributed by atoms with Crippen LogP contribution in [-0.2, 0) is 5.41 Å².